The zero-order valence-corrected chi connectivity index (χ0v) is 12.4. The molecule has 0 spiro atoms. The summed E-state index contributed by atoms with van der Waals surface area (Å²) in [5.41, 5.74) is 6.86. The summed E-state index contributed by atoms with van der Waals surface area (Å²) in [6.45, 7) is 2.76. The molecule has 2 N–H and O–H groups in total. The highest BCUT2D eigenvalue weighted by atomic mass is 35.5. The van der Waals surface area contributed by atoms with Gasteiger partial charge >= 0.3 is 0 Å². The van der Waals surface area contributed by atoms with E-state index in [0.29, 0.717) is 6.04 Å². The lowest BCUT2D eigenvalue weighted by atomic mass is 10.2. The lowest BCUT2D eigenvalue weighted by molar-refractivity contribution is 0.327. The van der Waals surface area contributed by atoms with Crippen LogP contribution in [0.4, 0.5) is 0 Å². The van der Waals surface area contributed by atoms with Gasteiger partial charge in [-0.15, -0.1) is 24.8 Å². The van der Waals surface area contributed by atoms with Gasteiger partial charge in [-0.2, -0.15) is 0 Å². The van der Waals surface area contributed by atoms with Gasteiger partial charge in [-0.25, -0.2) is 0 Å². The van der Waals surface area contributed by atoms with Crippen molar-refractivity contribution in [2.45, 2.75) is 19.0 Å². The van der Waals surface area contributed by atoms with Crippen LogP contribution in [0.15, 0.2) is 18.2 Å². The van der Waals surface area contributed by atoms with E-state index in [4.69, 9.17) is 28.9 Å². The van der Waals surface area contributed by atoms with Gasteiger partial charge in [0.15, 0.2) is 0 Å². The minimum absolute atomic E-state index is 0. The van der Waals surface area contributed by atoms with Crippen molar-refractivity contribution < 1.29 is 0 Å². The van der Waals surface area contributed by atoms with E-state index in [0.717, 1.165) is 41.7 Å². The second-order valence-electron chi connectivity index (χ2n) is 3.98. The number of rotatable bonds is 2. The van der Waals surface area contributed by atoms with E-state index < -0.39 is 0 Å². The van der Waals surface area contributed by atoms with Crippen LogP contribution in [0.3, 0.4) is 0 Å². The van der Waals surface area contributed by atoms with E-state index in [1.165, 1.54) is 0 Å². The zero-order valence-electron chi connectivity index (χ0n) is 9.23. The number of benzene rings is 1. The van der Waals surface area contributed by atoms with E-state index in [1.54, 1.807) is 0 Å². The number of nitrogens with two attached hydrogens (primary N) is 1. The molecule has 0 aliphatic carbocycles. The van der Waals surface area contributed by atoms with Gasteiger partial charge < -0.3 is 5.73 Å². The third kappa shape index (κ3) is 4.47. The van der Waals surface area contributed by atoms with Gasteiger partial charge in [0.05, 0.1) is 0 Å². The maximum absolute atomic E-state index is 6.10. The molecule has 2 rings (SSSR count). The van der Waals surface area contributed by atoms with E-state index in [2.05, 4.69) is 4.90 Å². The standard InChI is InChI=1S/C11H14Cl2N2.2ClH/c12-10-2-1-3-11(13)9(10)7-15-5-4-8(14)6-15;;/h1-3,8H,4-7,14H2;2*1H. The quantitative estimate of drug-likeness (QED) is 0.906. The van der Waals surface area contributed by atoms with Crippen molar-refractivity contribution in [1.29, 1.82) is 0 Å². The molecule has 1 unspecified atom stereocenters. The smallest absolute Gasteiger partial charge is 0.0465 e. The molecular weight excluding hydrogens is 302 g/mol. The molecule has 6 heteroatoms. The predicted octanol–water partition coefficient (Wildman–Crippen LogP) is 3.37. The Morgan fingerprint density at radius 1 is 1.24 bits per heavy atom. The molecule has 0 aromatic heterocycles. The molecule has 2 nitrogen and oxygen atoms in total. The van der Waals surface area contributed by atoms with Crippen LogP contribution in [-0.4, -0.2) is 24.0 Å². The van der Waals surface area contributed by atoms with Crippen LogP contribution < -0.4 is 5.73 Å². The molecule has 1 fully saturated rings. The maximum Gasteiger partial charge on any atom is 0.0465 e. The predicted molar refractivity (Wildman–Crippen MR) is 78.8 cm³/mol. The third-order valence-corrected chi connectivity index (χ3v) is 3.46. The summed E-state index contributed by atoms with van der Waals surface area (Å²) in [5.74, 6) is 0. The van der Waals surface area contributed by atoms with Crippen molar-refractivity contribution in [3.8, 4) is 0 Å². The van der Waals surface area contributed by atoms with Gasteiger partial charge in [0.25, 0.3) is 0 Å². The Bertz CT molecular complexity index is 339. The first kappa shape index (κ1) is 17.3. The van der Waals surface area contributed by atoms with Gasteiger partial charge in [0, 0.05) is 41.3 Å². The van der Waals surface area contributed by atoms with Gasteiger partial charge in [-0.3, -0.25) is 4.90 Å². The average Bonchev–Trinajstić information content (AvgIpc) is 2.58. The fourth-order valence-electron chi connectivity index (χ4n) is 1.91. The molecule has 1 aromatic rings. The number of hydrogen-bond donors (Lipinski definition) is 1. The largest absolute Gasteiger partial charge is 0.326 e. The summed E-state index contributed by atoms with van der Waals surface area (Å²) in [5, 5.41) is 1.48. The minimum Gasteiger partial charge on any atom is -0.326 e. The van der Waals surface area contributed by atoms with E-state index in [-0.39, 0.29) is 24.8 Å². The fraction of sp³-hybridized carbons (Fsp3) is 0.455. The minimum atomic E-state index is 0. The van der Waals surface area contributed by atoms with Crippen molar-refractivity contribution in [3.63, 3.8) is 0 Å². The summed E-state index contributed by atoms with van der Waals surface area (Å²) in [7, 11) is 0. The average molecular weight is 318 g/mol. The Morgan fingerprint density at radius 2 is 1.82 bits per heavy atom. The molecule has 1 aromatic carbocycles. The lowest BCUT2D eigenvalue weighted by Gasteiger charge is -2.16. The molecular formula is C11H16Cl4N2. The van der Waals surface area contributed by atoms with Gasteiger partial charge in [0.2, 0.25) is 0 Å². The molecule has 1 heterocycles. The normalized spacial score (nSPS) is 19.6. The number of hydrogen-bond acceptors (Lipinski definition) is 2. The summed E-state index contributed by atoms with van der Waals surface area (Å²) in [6.07, 6.45) is 1.06. The Hall–Kier alpha value is 0.300. The van der Waals surface area contributed by atoms with Crippen molar-refractivity contribution in [3.05, 3.63) is 33.8 Å². The third-order valence-electron chi connectivity index (χ3n) is 2.75. The Morgan fingerprint density at radius 3 is 2.29 bits per heavy atom. The molecule has 1 atom stereocenters. The summed E-state index contributed by atoms with van der Waals surface area (Å²) in [4.78, 5) is 2.29. The highest BCUT2D eigenvalue weighted by molar-refractivity contribution is 6.35. The van der Waals surface area contributed by atoms with Crippen molar-refractivity contribution in [2.24, 2.45) is 5.73 Å². The first-order valence-electron chi connectivity index (χ1n) is 5.07. The van der Waals surface area contributed by atoms with Crippen LogP contribution >= 0.6 is 48.0 Å². The van der Waals surface area contributed by atoms with Crippen LogP contribution in [0.1, 0.15) is 12.0 Å². The maximum atomic E-state index is 6.10. The van der Waals surface area contributed by atoms with E-state index in [1.807, 2.05) is 18.2 Å². The number of nitrogens with zero attached hydrogens (tertiary/aromatic N) is 1. The van der Waals surface area contributed by atoms with Crippen LogP contribution in [0.5, 0.6) is 0 Å². The van der Waals surface area contributed by atoms with Gasteiger partial charge in [0.1, 0.15) is 0 Å². The van der Waals surface area contributed by atoms with Crippen molar-refractivity contribution in [1.82, 2.24) is 4.90 Å². The Labute approximate surface area is 124 Å². The molecule has 0 radical (unpaired) electrons. The topological polar surface area (TPSA) is 29.3 Å². The first-order chi connectivity index (χ1) is 7.16. The van der Waals surface area contributed by atoms with Crippen LogP contribution in [-0.2, 0) is 6.54 Å². The van der Waals surface area contributed by atoms with Crippen LogP contribution in [0.25, 0.3) is 0 Å². The molecule has 1 aliphatic rings. The van der Waals surface area contributed by atoms with E-state index >= 15 is 0 Å². The zero-order chi connectivity index (χ0) is 10.8. The molecule has 98 valence electrons. The number of likely N-dealkylation sites (tertiary alicyclic amines) is 1. The Kier molecular flexibility index (Phi) is 7.81. The Balaban J connectivity index is 0.00000128. The second kappa shape index (κ2) is 7.67. The lowest BCUT2D eigenvalue weighted by Crippen LogP contribution is -2.26. The second-order valence-corrected chi connectivity index (χ2v) is 4.80. The van der Waals surface area contributed by atoms with E-state index in [9.17, 15) is 0 Å². The fourth-order valence-corrected chi connectivity index (χ4v) is 2.43. The van der Waals surface area contributed by atoms with Crippen molar-refractivity contribution >= 4 is 48.0 Å². The van der Waals surface area contributed by atoms with Gasteiger partial charge in [-0.1, -0.05) is 29.3 Å². The molecule has 1 aliphatic heterocycles. The summed E-state index contributed by atoms with van der Waals surface area (Å²) in [6, 6.07) is 5.91. The monoisotopic (exact) mass is 316 g/mol. The van der Waals surface area contributed by atoms with Gasteiger partial charge in [-0.05, 0) is 18.6 Å². The van der Waals surface area contributed by atoms with Crippen LogP contribution in [0.2, 0.25) is 10.0 Å². The molecule has 17 heavy (non-hydrogen) atoms. The molecule has 0 amide bonds. The SMILES string of the molecule is Cl.Cl.NC1CCN(Cc2c(Cl)cccc2Cl)C1. The van der Waals surface area contributed by atoms with Crippen molar-refractivity contribution in [2.75, 3.05) is 13.1 Å². The highest BCUT2D eigenvalue weighted by Crippen LogP contribution is 2.26. The molecule has 0 saturated carbocycles. The number of halogens is 4. The highest BCUT2D eigenvalue weighted by Gasteiger charge is 2.20. The summed E-state index contributed by atoms with van der Waals surface area (Å²) >= 11 is 12.2. The summed E-state index contributed by atoms with van der Waals surface area (Å²) < 4.78 is 0. The van der Waals surface area contributed by atoms with Crippen LogP contribution in [0, 0.1) is 0 Å². The first-order valence-corrected chi connectivity index (χ1v) is 5.83. The molecule has 0 bridgehead atoms. The molecule has 1 saturated heterocycles.